The molecule has 1 heterocycles. The number of carbonyl (C=O) groups excluding carboxylic acids is 1. The van der Waals surface area contributed by atoms with E-state index in [2.05, 4.69) is 15.3 Å². The standard InChI is InChI=1S/C24H22N4O4S/c1-14(22-18-13-17(33(2,31)32)11-12-20(18)27-24(22)30)26-16-9-7-15(8-10-16)23(29)28-21-6-4-3-5-19(21)25/h3-13,27,30H,25H2,1-2H3,(H,28,29). The molecule has 33 heavy (non-hydrogen) atoms. The number of hydrogen-bond acceptors (Lipinski definition) is 6. The van der Waals surface area contributed by atoms with Crippen molar-refractivity contribution in [2.24, 2.45) is 4.99 Å². The number of carbonyl (C=O) groups is 1. The summed E-state index contributed by atoms with van der Waals surface area (Å²) < 4.78 is 23.9. The van der Waals surface area contributed by atoms with Crippen LogP contribution in [0, 0.1) is 0 Å². The first-order chi connectivity index (χ1) is 15.6. The van der Waals surface area contributed by atoms with Gasteiger partial charge in [-0.05, 0) is 61.5 Å². The van der Waals surface area contributed by atoms with Gasteiger partial charge in [-0.2, -0.15) is 0 Å². The first kappa shape index (κ1) is 22.1. The Morgan fingerprint density at radius 2 is 1.76 bits per heavy atom. The van der Waals surface area contributed by atoms with Gasteiger partial charge in [0.05, 0.1) is 33.2 Å². The second-order valence-electron chi connectivity index (χ2n) is 7.61. The van der Waals surface area contributed by atoms with Crippen LogP contribution in [-0.4, -0.2) is 36.4 Å². The fourth-order valence-electron chi connectivity index (χ4n) is 3.50. The highest BCUT2D eigenvalue weighted by atomic mass is 32.2. The third kappa shape index (κ3) is 4.58. The molecule has 0 atom stereocenters. The van der Waals surface area contributed by atoms with Crippen molar-refractivity contribution in [2.45, 2.75) is 11.8 Å². The number of benzene rings is 3. The Labute approximate surface area is 190 Å². The summed E-state index contributed by atoms with van der Waals surface area (Å²) in [7, 11) is -3.41. The quantitative estimate of drug-likeness (QED) is 0.259. The summed E-state index contributed by atoms with van der Waals surface area (Å²) in [5, 5.41) is 13.7. The Bertz CT molecular complexity index is 1500. The van der Waals surface area contributed by atoms with Gasteiger partial charge in [-0.1, -0.05) is 12.1 Å². The summed E-state index contributed by atoms with van der Waals surface area (Å²) in [5.74, 6) is -0.406. The molecule has 9 heteroatoms. The van der Waals surface area contributed by atoms with Gasteiger partial charge in [0, 0.05) is 22.7 Å². The van der Waals surface area contributed by atoms with Crippen LogP contribution in [0.25, 0.3) is 10.9 Å². The molecule has 168 valence electrons. The first-order valence-corrected chi connectivity index (χ1v) is 11.9. The van der Waals surface area contributed by atoms with Gasteiger partial charge < -0.3 is 21.1 Å². The summed E-state index contributed by atoms with van der Waals surface area (Å²) in [4.78, 5) is 20.0. The van der Waals surface area contributed by atoms with Crippen molar-refractivity contribution < 1.29 is 18.3 Å². The number of nitrogens with one attached hydrogen (secondary N) is 2. The van der Waals surface area contributed by atoms with Crippen molar-refractivity contribution in [3.8, 4) is 5.88 Å². The number of anilines is 2. The minimum atomic E-state index is -3.41. The number of aromatic hydroxyl groups is 1. The Kier molecular flexibility index (Phi) is 5.65. The fraction of sp³-hybridized carbons (Fsp3) is 0.0833. The number of rotatable bonds is 5. The molecule has 0 saturated heterocycles. The molecule has 0 aliphatic carbocycles. The van der Waals surface area contributed by atoms with Crippen LogP contribution in [0.1, 0.15) is 22.8 Å². The third-order valence-electron chi connectivity index (χ3n) is 5.18. The number of aromatic nitrogens is 1. The Hall–Kier alpha value is -4.11. The molecule has 0 fully saturated rings. The number of hydrogen-bond donors (Lipinski definition) is 4. The molecule has 8 nitrogen and oxygen atoms in total. The highest BCUT2D eigenvalue weighted by Crippen LogP contribution is 2.31. The lowest BCUT2D eigenvalue weighted by molar-refractivity contribution is 0.102. The summed E-state index contributed by atoms with van der Waals surface area (Å²) in [5.41, 5.74) is 9.36. The lowest BCUT2D eigenvalue weighted by atomic mass is 10.1. The number of para-hydroxylation sites is 2. The Morgan fingerprint density at radius 1 is 1.06 bits per heavy atom. The molecule has 4 aromatic rings. The molecule has 4 rings (SSSR count). The summed E-state index contributed by atoms with van der Waals surface area (Å²) in [6.45, 7) is 1.72. The van der Waals surface area contributed by atoms with E-state index in [9.17, 15) is 18.3 Å². The van der Waals surface area contributed by atoms with E-state index in [0.717, 1.165) is 6.26 Å². The van der Waals surface area contributed by atoms with Gasteiger partial charge in [-0.15, -0.1) is 0 Å². The predicted octanol–water partition coefficient (Wildman–Crippen LogP) is 4.25. The Balaban J connectivity index is 1.62. The van der Waals surface area contributed by atoms with E-state index in [1.165, 1.54) is 12.1 Å². The van der Waals surface area contributed by atoms with Crippen molar-refractivity contribution >= 4 is 49.4 Å². The fourth-order valence-corrected chi connectivity index (χ4v) is 4.14. The van der Waals surface area contributed by atoms with E-state index in [4.69, 9.17) is 5.73 Å². The second kappa shape index (κ2) is 8.44. The largest absolute Gasteiger partial charge is 0.494 e. The molecule has 0 radical (unpaired) electrons. The number of nitrogen functional groups attached to an aromatic ring is 1. The maximum atomic E-state index is 12.5. The summed E-state index contributed by atoms with van der Waals surface area (Å²) in [6.07, 6.45) is 1.13. The zero-order valence-corrected chi connectivity index (χ0v) is 18.8. The highest BCUT2D eigenvalue weighted by molar-refractivity contribution is 7.90. The van der Waals surface area contributed by atoms with Crippen LogP contribution in [0.2, 0.25) is 0 Å². The van der Waals surface area contributed by atoms with Gasteiger partial charge in [0.15, 0.2) is 15.7 Å². The molecule has 0 saturated carbocycles. The lowest BCUT2D eigenvalue weighted by Crippen LogP contribution is -2.12. The van der Waals surface area contributed by atoms with Gasteiger partial charge in [-0.3, -0.25) is 9.79 Å². The van der Waals surface area contributed by atoms with Crippen LogP contribution in [0.3, 0.4) is 0 Å². The molecule has 0 bridgehead atoms. The Morgan fingerprint density at radius 3 is 2.42 bits per heavy atom. The number of fused-ring (bicyclic) bond motifs is 1. The maximum absolute atomic E-state index is 12.5. The first-order valence-electron chi connectivity index (χ1n) is 10.00. The minimum Gasteiger partial charge on any atom is -0.494 e. The molecule has 0 spiro atoms. The van der Waals surface area contributed by atoms with Gasteiger partial charge >= 0.3 is 0 Å². The van der Waals surface area contributed by atoms with Crippen LogP contribution in [-0.2, 0) is 9.84 Å². The molecule has 1 aromatic heterocycles. The SMILES string of the molecule is CC(=Nc1ccc(C(=O)Nc2ccccc2N)cc1)c1c(O)[nH]c2ccc(S(C)(=O)=O)cc12. The summed E-state index contributed by atoms with van der Waals surface area (Å²) >= 11 is 0. The highest BCUT2D eigenvalue weighted by Gasteiger charge is 2.17. The van der Waals surface area contributed by atoms with E-state index in [-0.39, 0.29) is 16.7 Å². The smallest absolute Gasteiger partial charge is 0.255 e. The van der Waals surface area contributed by atoms with Crippen molar-refractivity contribution in [2.75, 3.05) is 17.3 Å². The van der Waals surface area contributed by atoms with E-state index in [1.807, 2.05) is 0 Å². The molecule has 0 aliphatic rings. The minimum absolute atomic E-state index is 0.103. The van der Waals surface area contributed by atoms with E-state index >= 15 is 0 Å². The van der Waals surface area contributed by atoms with Crippen LogP contribution in [0.5, 0.6) is 5.88 Å². The molecule has 3 aromatic carbocycles. The van der Waals surface area contributed by atoms with Gasteiger partial charge in [-0.25, -0.2) is 8.42 Å². The zero-order valence-electron chi connectivity index (χ0n) is 18.0. The van der Waals surface area contributed by atoms with E-state index in [1.54, 1.807) is 61.5 Å². The normalized spacial score (nSPS) is 12.1. The van der Waals surface area contributed by atoms with Crippen LogP contribution in [0.15, 0.2) is 76.6 Å². The number of nitrogens with zero attached hydrogens (tertiary/aromatic N) is 1. The predicted molar refractivity (Wildman–Crippen MR) is 130 cm³/mol. The number of H-pyrrole nitrogens is 1. The van der Waals surface area contributed by atoms with Crippen LogP contribution >= 0.6 is 0 Å². The maximum Gasteiger partial charge on any atom is 0.255 e. The van der Waals surface area contributed by atoms with Crippen molar-refractivity contribution in [1.82, 2.24) is 4.98 Å². The number of amides is 1. The molecular weight excluding hydrogens is 440 g/mol. The number of aromatic amines is 1. The van der Waals surface area contributed by atoms with Crippen molar-refractivity contribution in [3.05, 3.63) is 77.9 Å². The monoisotopic (exact) mass is 462 g/mol. The van der Waals surface area contributed by atoms with E-state index < -0.39 is 9.84 Å². The zero-order chi connectivity index (χ0) is 23.8. The van der Waals surface area contributed by atoms with Crippen LogP contribution in [0.4, 0.5) is 17.1 Å². The van der Waals surface area contributed by atoms with Gasteiger partial charge in [0.2, 0.25) is 0 Å². The van der Waals surface area contributed by atoms with E-state index in [0.29, 0.717) is 44.8 Å². The molecular formula is C24H22N4O4S. The van der Waals surface area contributed by atoms with Gasteiger partial charge in [0.1, 0.15) is 0 Å². The van der Waals surface area contributed by atoms with Crippen molar-refractivity contribution in [3.63, 3.8) is 0 Å². The van der Waals surface area contributed by atoms with Crippen LogP contribution < -0.4 is 11.1 Å². The molecule has 0 unspecified atom stereocenters. The number of sulfone groups is 1. The van der Waals surface area contributed by atoms with Gasteiger partial charge in [0.25, 0.3) is 5.91 Å². The average molecular weight is 463 g/mol. The third-order valence-corrected chi connectivity index (χ3v) is 6.29. The molecule has 5 N–H and O–H groups in total. The second-order valence-corrected chi connectivity index (χ2v) is 9.63. The lowest BCUT2D eigenvalue weighted by Gasteiger charge is -2.08. The molecule has 0 aliphatic heterocycles. The average Bonchev–Trinajstić information content (AvgIpc) is 3.10. The topological polar surface area (TPSA) is 138 Å². The van der Waals surface area contributed by atoms with Crippen molar-refractivity contribution in [1.29, 1.82) is 0 Å². The summed E-state index contributed by atoms with van der Waals surface area (Å²) in [6, 6.07) is 18.2. The molecule has 1 amide bonds. The number of nitrogens with two attached hydrogens (primary N) is 1. The number of aliphatic imine (C=N–C) groups is 1.